The monoisotopic (exact) mass is 436 g/mol. The predicted molar refractivity (Wildman–Crippen MR) is 115 cm³/mol. The van der Waals surface area contributed by atoms with Crippen LogP contribution >= 0.6 is 11.3 Å². The minimum absolute atomic E-state index is 0.240. The first-order valence-electron chi connectivity index (χ1n) is 9.48. The van der Waals surface area contributed by atoms with E-state index in [0.717, 1.165) is 5.56 Å². The molecule has 2 aromatic heterocycles. The molecule has 1 amide bonds. The van der Waals surface area contributed by atoms with Gasteiger partial charge >= 0.3 is 5.97 Å². The minimum atomic E-state index is -1.00. The van der Waals surface area contributed by atoms with Crippen molar-refractivity contribution in [2.24, 2.45) is 0 Å². The van der Waals surface area contributed by atoms with Gasteiger partial charge < -0.3 is 4.74 Å². The van der Waals surface area contributed by atoms with Crippen molar-refractivity contribution in [2.75, 3.05) is 5.32 Å². The van der Waals surface area contributed by atoms with Crippen molar-refractivity contribution < 1.29 is 18.7 Å². The molecule has 9 heteroatoms. The van der Waals surface area contributed by atoms with Crippen molar-refractivity contribution in [3.05, 3.63) is 71.6 Å². The van der Waals surface area contributed by atoms with Gasteiger partial charge in [0.15, 0.2) is 11.2 Å². The maximum Gasteiger partial charge on any atom is 0.341 e. The number of thiazole rings is 1. The van der Waals surface area contributed by atoms with Crippen LogP contribution < -0.4 is 5.32 Å². The van der Waals surface area contributed by atoms with Gasteiger partial charge in [0.2, 0.25) is 0 Å². The second kappa shape index (κ2) is 8.97. The highest BCUT2D eigenvalue weighted by molar-refractivity contribution is 7.14. The summed E-state index contributed by atoms with van der Waals surface area (Å²) < 4.78 is 18.5. The summed E-state index contributed by atoms with van der Waals surface area (Å²) in [7, 11) is 0. The van der Waals surface area contributed by atoms with E-state index in [0.29, 0.717) is 21.9 Å². The molecule has 2 aromatic carbocycles. The first-order valence-corrected chi connectivity index (χ1v) is 10.4. The second-order valence-electron chi connectivity index (χ2n) is 6.57. The normalized spacial score (nSPS) is 11.8. The smallest absolute Gasteiger partial charge is 0.341 e. The highest BCUT2D eigenvalue weighted by Crippen LogP contribution is 2.25. The lowest BCUT2D eigenvalue weighted by molar-refractivity contribution is -0.124. The lowest BCUT2D eigenvalue weighted by atomic mass is 10.1. The van der Waals surface area contributed by atoms with Crippen molar-refractivity contribution >= 4 is 39.4 Å². The second-order valence-corrected chi connectivity index (χ2v) is 7.42. The Morgan fingerprint density at radius 1 is 1.13 bits per heavy atom. The van der Waals surface area contributed by atoms with Gasteiger partial charge in [-0.3, -0.25) is 20.1 Å². The number of anilines is 1. The van der Waals surface area contributed by atoms with E-state index in [-0.39, 0.29) is 17.8 Å². The van der Waals surface area contributed by atoms with E-state index in [9.17, 15) is 14.0 Å². The molecule has 0 bridgehead atoms. The van der Waals surface area contributed by atoms with Crippen LogP contribution in [0.3, 0.4) is 0 Å². The van der Waals surface area contributed by atoms with E-state index in [1.807, 2.05) is 0 Å². The van der Waals surface area contributed by atoms with Crippen molar-refractivity contribution in [3.63, 3.8) is 0 Å². The molecule has 0 saturated carbocycles. The maximum absolute atomic E-state index is 13.1. The zero-order chi connectivity index (χ0) is 21.8. The molecule has 0 fully saturated rings. The standard InChI is InChI=1S/C22H17FN4O3S/c1-2-18(30-21(29)15-4-3-5-16-19(15)25-11-10-24-16)20(28)27-22-26-17(12-31-22)13-6-8-14(23)9-7-13/h3-12,18H,2H2,1H3,(H,26,27,28). The average Bonchev–Trinajstić information content (AvgIpc) is 3.25. The fourth-order valence-electron chi connectivity index (χ4n) is 2.94. The number of benzene rings is 2. The number of esters is 1. The van der Waals surface area contributed by atoms with Crippen molar-refractivity contribution in [1.29, 1.82) is 0 Å². The van der Waals surface area contributed by atoms with Crippen molar-refractivity contribution in [2.45, 2.75) is 19.4 Å². The minimum Gasteiger partial charge on any atom is -0.449 e. The van der Waals surface area contributed by atoms with E-state index >= 15 is 0 Å². The fourth-order valence-corrected chi connectivity index (χ4v) is 3.67. The van der Waals surface area contributed by atoms with E-state index in [4.69, 9.17) is 4.74 Å². The quantitative estimate of drug-likeness (QED) is 0.448. The Labute approximate surface area is 181 Å². The lowest BCUT2D eigenvalue weighted by Crippen LogP contribution is -2.32. The Morgan fingerprint density at radius 2 is 1.90 bits per heavy atom. The summed E-state index contributed by atoms with van der Waals surface area (Å²) in [6.45, 7) is 1.74. The highest BCUT2D eigenvalue weighted by atomic mass is 32.1. The Kier molecular flexibility index (Phi) is 5.94. The van der Waals surface area contributed by atoms with E-state index in [2.05, 4.69) is 20.3 Å². The van der Waals surface area contributed by atoms with E-state index in [1.54, 1.807) is 42.6 Å². The van der Waals surface area contributed by atoms with Gasteiger partial charge in [-0.25, -0.2) is 14.2 Å². The zero-order valence-electron chi connectivity index (χ0n) is 16.4. The summed E-state index contributed by atoms with van der Waals surface area (Å²) in [6, 6.07) is 10.9. The number of hydrogen-bond acceptors (Lipinski definition) is 7. The van der Waals surface area contributed by atoms with Crippen LogP contribution in [0, 0.1) is 5.82 Å². The topological polar surface area (TPSA) is 94.1 Å². The molecule has 1 unspecified atom stereocenters. The van der Waals surface area contributed by atoms with Crippen molar-refractivity contribution in [3.8, 4) is 11.3 Å². The van der Waals surface area contributed by atoms with Gasteiger partial charge in [-0.05, 0) is 42.8 Å². The molecule has 156 valence electrons. The number of aromatic nitrogens is 3. The van der Waals surface area contributed by atoms with Crippen LogP contribution in [0.4, 0.5) is 9.52 Å². The highest BCUT2D eigenvalue weighted by Gasteiger charge is 2.24. The van der Waals surface area contributed by atoms with Gasteiger partial charge in [0.25, 0.3) is 5.91 Å². The number of halogens is 1. The van der Waals surface area contributed by atoms with Crippen LogP contribution in [0.1, 0.15) is 23.7 Å². The molecule has 0 aliphatic rings. The maximum atomic E-state index is 13.1. The van der Waals surface area contributed by atoms with Gasteiger partial charge in [-0.1, -0.05) is 13.0 Å². The Morgan fingerprint density at radius 3 is 2.68 bits per heavy atom. The van der Waals surface area contributed by atoms with Gasteiger partial charge in [0.1, 0.15) is 11.3 Å². The zero-order valence-corrected chi connectivity index (χ0v) is 17.2. The van der Waals surface area contributed by atoms with Gasteiger partial charge in [-0.15, -0.1) is 11.3 Å². The summed E-state index contributed by atoms with van der Waals surface area (Å²) in [4.78, 5) is 38.1. The number of ether oxygens (including phenoxy) is 1. The molecular weight excluding hydrogens is 419 g/mol. The number of carbonyl (C=O) groups excluding carboxylic acids is 2. The lowest BCUT2D eigenvalue weighted by Gasteiger charge is -2.15. The molecule has 0 saturated heterocycles. The van der Waals surface area contributed by atoms with Crippen LogP contribution in [-0.4, -0.2) is 32.9 Å². The fraction of sp³-hybridized carbons (Fsp3) is 0.136. The summed E-state index contributed by atoms with van der Waals surface area (Å²) in [5.74, 6) is -1.47. The number of amides is 1. The molecule has 0 aliphatic heterocycles. The molecule has 31 heavy (non-hydrogen) atoms. The third-order valence-electron chi connectivity index (χ3n) is 4.51. The first kappa shape index (κ1) is 20.5. The number of rotatable bonds is 6. The molecule has 4 aromatic rings. The van der Waals surface area contributed by atoms with Gasteiger partial charge in [0, 0.05) is 23.3 Å². The molecular formula is C22H17FN4O3S. The summed E-state index contributed by atoms with van der Waals surface area (Å²) in [5, 5.41) is 4.79. The summed E-state index contributed by atoms with van der Waals surface area (Å²) in [6.07, 6.45) is 2.31. The number of para-hydroxylation sites is 1. The molecule has 1 N–H and O–H groups in total. The van der Waals surface area contributed by atoms with Crippen LogP contribution in [0.15, 0.2) is 60.2 Å². The first-order chi connectivity index (χ1) is 15.0. The Bertz CT molecular complexity index is 1240. The van der Waals surface area contributed by atoms with Gasteiger partial charge in [0.05, 0.1) is 16.8 Å². The largest absolute Gasteiger partial charge is 0.449 e. The molecule has 4 rings (SSSR count). The van der Waals surface area contributed by atoms with E-state index in [1.165, 1.54) is 35.9 Å². The molecule has 1 atom stereocenters. The number of fused-ring (bicyclic) bond motifs is 1. The van der Waals surface area contributed by atoms with Gasteiger partial charge in [-0.2, -0.15) is 0 Å². The average molecular weight is 436 g/mol. The molecule has 0 radical (unpaired) electrons. The number of carbonyl (C=O) groups is 2. The molecule has 0 spiro atoms. The number of nitrogens with one attached hydrogen (secondary N) is 1. The summed E-state index contributed by atoms with van der Waals surface area (Å²) >= 11 is 1.23. The molecule has 7 nitrogen and oxygen atoms in total. The SMILES string of the molecule is CCC(OC(=O)c1cccc2nccnc12)C(=O)Nc1nc(-c2ccc(F)cc2)cs1. The van der Waals surface area contributed by atoms with Crippen LogP contribution in [0.25, 0.3) is 22.3 Å². The van der Waals surface area contributed by atoms with Crippen LogP contribution in [0.5, 0.6) is 0 Å². The third kappa shape index (κ3) is 4.56. The van der Waals surface area contributed by atoms with E-state index < -0.39 is 18.0 Å². The predicted octanol–water partition coefficient (Wildman–Crippen LogP) is 4.47. The molecule has 2 heterocycles. The van der Waals surface area contributed by atoms with Crippen molar-refractivity contribution in [1.82, 2.24) is 15.0 Å². The number of hydrogen-bond donors (Lipinski definition) is 1. The Balaban J connectivity index is 1.46. The Hall–Kier alpha value is -3.72. The number of nitrogens with zero attached hydrogens (tertiary/aromatic N) is 3. The third-order valence-corrected chi connectivity index (χ3v) is 5.26. The summed E-state index contributed by atoms with van der Waals surface area (Å²) in [5.41, 5.74) is 2.55. The van der Waals surface area contributed by atoms with Crippen LogP contribution in [-0.2, 0) is 9.53 Å². The molecule has 0 aliphatic carbocycles. The van der Waals surface area contributed by atoms with Crippen LogP contribution in [0.2, 0.25) is 0 Å².